The molecule has 0 aromatic carbocycles. The number of ether oxygens (including phenoxy) is 2. The Morgan fingerprint density at radius 2 is 2.27 bits per heavy atom. The normalized spacial score (nSPS) is 30.3. The van der Waals surface area contributed by atoms with Crippen LogP contribution in [0.25, 0.3) is 0 Å². The lowest BCUT2D eigenvalue weighted by Gasteiger charge is -2.32. The zero-order valence-corrected chi connectivity index (χ0v) is 14.8. The molecule has 4 nitrogen and oxygen atoms in total. The van der Waals surface area contributed by atoms with Crippen LogP contribution in [0.1, 0.15) is 22.6 Å². The van der Waals surface area contributed by atoms with E-state index in [2.05, 4.69) is 43.0 Å². The Labute approximate surface area is 138 Å². The molecule has 2 saturated heterocycles. The fourth-order valence-electron chi connectivity index (χ4n) is 3.56. The fraction of sp³-hybridized carbons (Fsp3) is 0.765. The Morgan fingerprint density at radius 1 is 1.41 bits per heavy atom. The summed E-state index contributed by atoms with van der Waals surface area (Å²) in [7, 11) is 4.23. The molecule has 22 heavy (non-hydrogen) atoms. The van der Waals surface area contributed by atoms with Crippen molar-refractivity contribution in [2.24, 2.45) is 0 Å². The number of hydrogen-bond donors (Lipinski definition) is 0. The number of thiophene rings is 1. The van der Waals surface area contributed by atoms with Gasteiger partial charge in [0.2, 0.25) is 0 Å². The average molecular weight is 324 g/mol. The molecule has 0 aliphatic carbocycles. The molecule has 3 rings (SSSR count). The topological polar surface area (TPSA) is 24.9 Å². The first-order valence-corrected chi connectivity index (χ1v) is 9.04. The van der Waals surface area contributed by atoms with E-state index in [-0.39, 0.29) is 5.60 Å². The summed E-state index contributed by atoms with van der Waals surface area (Å²) in [5, 5.41) is 0. The molecule has 2 fully saturated rings. The van der Waals surface area contributed by atoms with Crippen LogP contribution in [0.2, 0.25) is 0 Å². The Kier molecular flexibility index (Phi) is 5.20. The van der Waals surface area contributed by atoms with Crippen LogP contribution in [-0.2, 0) is 16.0 Å². The molecule has 0 amide bonds. The Bertz CT molecular complexity index is 491. The van der Waals surface area contributed by atoms with Crippen molar-refractivity contribution in [1.82, 2.24) is 9.80 Å². The molecule has 2 atom stereocenters. The van der Waals surface area contributed by atoms with Crippen LogP contribution in [0.15, 0.2) is 12.1 Å². The van der Waals surface area contributed by atoms with Gasteiger partial charge in [-0.3, -0.25) is 4.90 Å². The molecule has 1 aromatic heterocycles. The van der Waals surface area contributed by atoms with Gasteiger partial charge in [0.15, 0.2) is 0 Å². The highest BCUT2D eigenvalue weighted by Crippen LogP contribution is 2.34. The van der Waals surface area contributed by atoms with Crippen molar-refractivity contribution in [3.63, 3.8) is 0 Å². The zero-order chi connectivity index (χ0) is 15.6. The number of aryl methyl sites for hydroxylation is 1. The second-order valence-corrected chi connectivity index (χ2v) is 8.37. The Hall–Kier alpha value is -0.460. The number of rotatable bonds is 4. The molecule has 124 valence electrons. The van der Waals surface area contributed by atoms with Crippen LogP contribution in [0.3, 0.4) is 0 Å². The first-order chi connectivity index (χ1) is 10.5. The molecular weight excluding hydrogens is 296 g/mol. The Morgan fingerprint density at radius 3 is 3.00 bits per heavy atom. The van der Waals surface area contributed by atoms with Gasteiger partial charge in [-0.25, -0.2) is 0 Å². The monoisotopic (exact) mass is 324 g/mol. The van der Waals surface area contributed by atoms with E-state index < -0.39 is 0 Å². The van der Waals surface area contributed by atoms with Crippen molar-refractivity contribution in [3.05, 3.63) is 21.9 Å². The van der Waals surface area contributed by atoms with Crippen LogP contribution < -0.4 is 0 Å². The minimum Gasteiger partial charge on any atom is -0.377 e. The predicted octanol–water partition coefficient (Wildman–Crippen LogP) is 2.37. The number of nitrogens with zero attached hydrogens (tertiary/aromatic N) is 2. The third-order valence-corrected chi connectivity index (χ3v) is 5.50. The van der Waals surface area contributed by atoms with Crippen molar-refractivity contribution in [3.8, 4) is 0 Å². The second kappa shape index (κ2) is 6.97. The van der Waals surface area contributed by atoms with E-state index in [4.69, 9.17) is 9.47 Å². The SMILES string of the molecule is Cc1ccc(CN2CCOC[C@@]3(CC[C@@H](CN(C)C)O3)C2)s1. The van der Waals surface area contributed by atoms with Gasteiger partial charge in [-0.05, 0) is 46.0 Å². The van der Waals surface area contributed by atoms with Gasteiger partial charge in [-0.2, -0.15) is 0 Å². The van der Waals surface area contributed by atoms with E-state index >= 15 is 0 Å². The third kappa shape index (κ3) is 4.09. The molecule has 1 aromatic rings. The summed E-state index contributed by atoms with van der Waals surface area (Å²) in [6, 6.07) is 4.46. The van der Waals surface area contributed by atoms with E-state index in [1.807, 2.05) is 11.3 Å². The van der Waals surface area contributed by atoms with Crippen LogP contribution in [-0.4, -0.2) is 68.4 Å². The van der Waals surface area contributed by atoms with Gasteiger partial charge in [-0.1, -0.05) is 0 Å². The summed E-state index contributed by atoms with van der Waals surface area (Å²) >= 11 is 1.90. The summed E-state index contributed by atoms with van der Waals surface area (Å²) < 4.78 is 12.3. The van der Waals surface area contributed by atoms with Gasteiger partial charge in [0.05, 0.1) is 19.3 Å². The van der Waals surface area contributed by atoms with Crippen molar-refractivity contribution in [2.75, 3.05) is 46.9 Å². The van der Waals surface area contributed by atoms with Gasteiger partial charge >= 0.3 is 0 Å². The first kappa shape index (κ1) is 16.4. The number of likely N-dealkylation sites (N-methyl/N-ethyl adjacent to an activating group) is 1. The highest BCUT2D eigenvalue weighted by atomic mass is 32.1. The van der Waals surface area contributed by atoms with Crippen molar-refractivity contribution < 1.29 is 9.47 Å². The van der Waals surface area contributed by atoms with Crippen molar-refractivity contribution in [2.45, 2.75) is 38.0 Å². The third-order valence-electron chi connectivity index (χ3n) is 4.51. The summed E-state index contributed by atoms with van der Waals surface area (Å²) in [4.78, 5) is 7.56. The molecule has 0 N–H and O–H groups in total. The Balaban J connectivity index is 1.62. The smallest absolute Gasteiger partial charge is 0.105 e. The summed E-state index contributed by atoms with van der Waals surface area (Å²) in [5.41, 5.74) is -0.0938. The molecule has 2 aliphatic rings. The van der Waals surface area contributed by atoms with E-state index in [9.17, 15) is 0 Å². The molecule has 0 bridgehead atoms. The minimum atomic E-state index is -0.0938. The molecule has 0 unspecified atom stereocenters. The van der Waals surface area contributed by atoms with Crippen LogP contribution in [0, 0.1) is 6.92 Å². The highest BCUT2D eigenvalue weighted by Gasteiger charge is 2.43. The zero-order valence-electron chi connectivity index (χ0n) is 14.0. The second-order valence-electron chi connectivity index (χ2n) is 7.00. The lowest BCUT2D eigenvalue weighted by Crippen LogP contribution is -2.44. The van der Waals surface area contributed by atoms with Crippen LogP contribution in [0.5, 0.6) is 0 Å². The molecule has 0 saturated carbocycles. The van der Waals surface area contributed by atoms with E-state index in [0.29, 0.717) is 6.10 Å². The maximum atomic E-state index is 6.45. The van der Waals surface area contributed by atoms with Crippen LogP contribution in [0.4, 0.5) is 0 Å². The fourth-order valence-corrected chi connectivity index (χ4v) is 4.50. The maximum absolute atomic E-state index is 6.45. The van der Waals surface area contributed by atoms with Crippen molar-refractivity contribution >= 4 is 11.3 Å². The van der Waals surface area contributed by atoms with Gasteiger partial charge in [0.1, 0.15) is 5.60 Å². The molecule has 2 aliphatic heterocycles. The van der Waals surface area contributed by atoms with Gasteiger partial charge in [-0.15, -0.1) is 11.3 Å². The molecule has 3 heterocycles. The van der Waals surface area contributed by atoms with E-state index in [0.717, 1.165) is 52.2 Å². The number of hydrogen-bond acceptors (Lipinski definition) is 5. The largest absolute Gasteiger partial charge is 0.377 e. The lowest BCUT2D eigenvalue weighted by atomic mass is 10.00. The molecule has 0 radical (unpaired) electrons. The summed E-state index contributed by atoms with van der Waals surface area (Å²) in [6.45, 7) is 7.75. The molecule has 1 spiro atoms. The van der Waals surface area contributed by atoms with E-state index in [1.54, 1.807) is 0 Å². The summed E-state index contributed by atoms with van der Waals surface area (Å²) in [5.74, 6) is 0. The standard InChI is InChI=1S/C17H28N2O2S/c1-14-4-5-16(22-14)11-19-8-9-20-13-17(12-19)7-6-15(21-17)10-18(2)3/h4-5,15H,6-13H2,1-3H3/t15-,17+/m0/s1. The molecular formula is C17H28N2O2S. The molecule has 5 heteroatoms. The van der Waals surface area contributed by atoms with Crippen LogP contribution >= 0.6 is 11.3 Å². The van der Waals surface area contributed by atoms with Gasteiger partial charge < -0.3 is 14.4 Å². The van der Waals surface area contributed by atoms with E-state index in [1.165, 1.54) is 9.75 Å². The highest BCUT2D eigenvalue weighted by molar-refractivity contribution is 7.11. The van der Waals surface area contributed by atoms with Crippen molar-refractivity contribution in [1.29, 1.82) is 0 Å². The predicted molar refractivity (Wildman–Crippen MR) is 90.5 cm³/mol. The van der Waals surface area contributed by atoms with Gasteiger partial charge in [0, 0.05) is 35.9 Å². The quantitative estimate of drug-likeness (QED) is 0.849. The summed E-state index contributed by atoms with van der Waals surface area (Å²) in [6.07, 6.45) is 2.61. The maximum Gasteiger partial charge on any atom is 0.105 e. The average Bonchev–Trinajstić information content (AvgIpc) is 2.95. The first-order valence-electron chi connectivity index (χ1n) is 8.23. The van der Waals surface area contributed by atoms with Gasteiger partial charge in [0.25, 0.3) is 0 Å². The lowest BCUT2D eigenvalue weighted by molar-refractivity contribution is -0.0901. The minimum absolute atomic E-state index is 0.0938.